The van der Waals surface area contributed by atoms with Crippen molar-refractivity contribution in [1.29, 1.82) is 0 Å². The van der Waals surface area contributed by atoms with Gasteiger partial charge in [0.25, 0.3) is 0 Å². The summed E-state index contributed by atoms with van der Waals surface area (Å²) in [6.45, 7) is 6.54. The van der Waals surface area contributed by atoms with Gasteiger partial charge in [0.1, 0.15) is 4.88 Å². The second-order valence-corrected chi connectivity index (χ2v) is 6.42. The van der Waals surface area contributed by atoms with E-state index in [-0.39, 0.29) is 18.3 Å². The van der Waals surface area contributed by atoms with E-state index in [2.05, 4.69) is 13.8 Å². The molecule has 1 aliphatic heterocycles. The van der Waals surface area contributed by atoms with Gasteiger partial charge < -0.3 is 14.6 Å². The zero-order valence-electron chi connectivity index (χ0n) is 11.5. The Morgan fingerprint density at radius 1 is 1.47 bits per heavy atom. The molecule has 0 spiro atoms. The number of carboxylic acid groups (broad SMARTS) is 1. The van der Waals surface area contributed by atoms with Crippen LogP contribution in [0.5, 0.6) is 0 Å². The fraction of sp³-hybridized carbons (Fsp3) is 0.643. The fourth-order valence-corrected chi connectivity index (χ4v) is 3.32. The molecule has 2 rings (SSSR count). The highest BCUT2D eigenvalue weighted by Crippen LogP contribution is 2.26. The molecule has 0 radical (unpaired) electrons. The first-order valence-electron chi connectivity index (χ1n) is 6.55. The van der Waals surface area contributed by atoms with Gasteiger partial charge in [0.15, 0.2) is 0 Å². The monoisotopic (exact) mass is 284 g/mol. The predicted octanol–water partition coefficient (Wildman–Crippen LogP) is 3.23. The lowest BCUT2D eigenvalue weighted by molar-refractivity contribution is -0.106. The number of hydrogen-bond acceptors (Lipinski definition) is 4. The van der Waals surface area contributed by atoms with Crippen LogP contribution in [-0.2, 0) is 16.1 Å². The number of aromatic carboxylic acids is 1. The van der Waals surface area contributed by atoms with Gasteiger partial charge in [-0.15, -0.1) is 11.3 Å². The summed E-state index contributed by atoms with van der Waals surface area (Å²) in [7, 11) is 0. The lowest BCUT2D eigenvalue weighted by Crippen LogP contribution is -2.33. The molecule has 4 nitrogen and oxygen atoms in total. The van der Waals surface area contributed by atoms with E-state index < -0.39 is 5.97 Å². The molecule has 0 amide bonds. The Labute approximate surface area is 117 Å². The van der Waals surface area contributed by atoms with E-state index in [0.717, 1.165) is 23.3 Å². The first-order chi connectivity index (χ1) is 8.95. The Morgan fingerprint density at radius 2 is 2.11 bits per heavy atom. The molecule has 0 aliphatic carbocycles. The summed E-state index contributed by atoms with van der Waals surface area (Å²) >= 11 is 1.31. The van der Waals surface area contributed by atoms with Crippen LogP contribution in [0.3, 0.4) is 0 Å². The number of aryl methyl sites for hydroxylation is 1. The maximum absolute atomic E-state index is 10.9. The van der Waals surface area contributed by atoms with Gasteiger partial charge in [0.05, 0.1) is 24.9 Å². The second kappa shape index (κ2) is 6.03. The third-order valence-corrected chi connectivity index (χ3v) is 4.44. The summed E-state index contributed by atoms with van der Waals surface area (Å²) in [4.78, 5) is 12.3. The Bertz CT molecular complexity index is 444. The molecule has 0 aromatic carbocycles. The van der Waals surface area contributed by atoms with Gasteiger partial charge in [-0.3, -0.25) is 0 Å². The van der Waals surface area contributed by atoms with E-state index in [0.29, 0.717) is 11.5 Å². The number of rotatable bonds is 4. The molecule has 2 atom stereocenters. The lowest BCUT2D eigenvalue weighted by atomic mass is 10.0. The minimum absolute atomic E-state index is 0.200. The minimum atomic E-state index is -0.868. The summed E-state index contributed by atoms with van der Waals surface area (Å²) in [5.74, 6) is -0.868. The highest BCUT2D eigenvalue weighted by molar-refractivity contribution is 7.14. The quantitative estimate of drug-likeness (QED) is 0.922. The van der Waals surface area contributed by atoms with Crippen LogP contribution in [-0.4, -0.2) is 29.4 Å². The highest BCUT2D eigenvalue weighted by Gasteiger charge is 2.25. The van der Waals surface area contributed by atoms with E-state index in [4.69, 9.17) is 14.6 Å². The van der Waals surface area contributed by atoms with Crippen LogP contribution in [0, 0.1) is 6.92 Å². The molecule has 106 valence electrons. The van der Waals surface area contributed by atoms with Crippen molar-refractivity contribution in [2.24, 2.45) is 0 Å². The normalized spacial score (nSPS) is 27.4. The van der Waals surface area contributed by atoms with Gasteiger partial charge in [-0.2, -0.15) is 0 Å². The van der Waals surface area contributed by atoms with Gasteiger partial charge in [0.2, 0.25) is 0 Å². The zero-order chi connectivity index (χ0) is 14.0. The Kier molecular flexibility index (Phi) is 4.60. The van der Waals surface area contributed by atoms with E-state index in [9.17, 15) is 4.79 Å². The standard InChI is InChI=1S/C14H20O4S/c1-8-4-12(5-9(2)18-8)17-7-11-6-13(14(15)16)19-10(11)3/h6,8-9,12H,4-5,7H2,1-3H3,(H,15,16). The predicted molar refractivity (Wildman–Crippen MR) is 73.8 cm³/mol. The number of thiophene rings is 1. The summed E-state index contributed by atoms with van der Waals surface area (Å²) in [5.41, 5.74) is 0.981. The molecule has 2 unspecified atom stereocenters. The maximum Gasteiger partial charge on any atom is 0.345 e. The fourth-order valence-electron chi connectivity index (χ4n) is 2.46. The van der Waals surface area contributed by atoms with Gasteiger partial charge >= 0.3 is 5.97 Å². The average Bonchev–Trinajstić information content (AvgIpc) is 2.67. The molecule has 19 heavy (non-hydrogen) atoms. The zero-order valence-corrected chi connectivity index (χ0v) is 12.3. The number of ether oxygens (including phenoxy) is 2. The SMILES string of the molecule is Cc1sc(C(=O)O)cc1COC1CC(C)OC(C)C1. The second-order valence-electron chi connectivity index (χ2n) is 5.16. The van der Waals surface area contributed by atoms with Crippen molar-refractivity contribution >= 4 is 17.3 Å². The van der Waals surface area contributed by atoms with Crippen molar-refractivity contribution < 1.29 is 19.4 Å². The number of hydrogen-bond donors (Lipinski definition) is 1. The van der Waals surface area contributed by atoms with Crippen LogP contribution in [0.1, 0.15) is 46.8 Å². The molecule has 1 aliphatic rings. The minimum Gasteiger partial charge on any atom is -0.477 e. The van der Waals surface area contributed by atoms with Crippen LogP contribution in [0.4, 0.5) is 0 Å². The van der Waals surface area contributed by atoms with Crippen molar-refractivity contribution in [3.8, 4) is 0 Å². The van der Waals surface area contributed by atoms with Crippen molar-refractivity contribution in [2.75, 3.05) is 0 Å². The Balaban J connectivity index is 1.93. The molecular formula is C14H20O4S. The van der Waals surface area contributed by atoms with E-state index in [1.165, 1.54) is 11.3 Å². The molecule has 0 bridgehead atoms. The van der Waals surface area contributed by atoms with Crippen molar-refractivity contribution in [3.63, 3.8) is 0 Å². The Hall–Kier alpha value is -0.910. The molecule has 1 N–H and O–H groups in total. The van der Waals surface area contributed by atoms with Crippen molar-refractivity contribution in [2.45, 2.75) is 58.5 Å². The van der Waals surface area contributed by atoms with Gasteiger partial charge in [-0.25, -0.2) is 4.79 Å². The van der Waals surface area contributed by atoms with Gasteiger partial charge in [-0.1, -0.05) is 0 Å². The number of carbonyl (C=O) groups is 1. The van der Waals surface area contributed by atoms with Gasteiger partial charge in [0, 0.05) is 4.88 Å². The number of carboxylic acids is 1. The highest BCUT2D eigenvalue weighted by atomic mass is 32.1. The molecule has 0 saturated carbocycles. The smallest absolute Gasteiger partial charge is 0.345 e. The van der Waals surface area contributed by atoms with Crippen LogP contribution >= 0.6 is 11.3 Å². The molecule has 5 heteroatoms. The van der Waals surface area contributed by atoms with Crippen molar-refractivity contribution in [3.05, 3.63) is 21.4 Å². The summed E-state index contributed by atoms with van der Waals surface area (Å²) in [6, 6.07) is 1.72. The third kappa shape index (κ3) is 3.78. The average molecular weight is 284 g/mol. The van der Waals surface area contributed by atoms with Crippen LogP contribution < -0.4 is 0 Å². The largest absolute Gasteiger partial charge is 0.477 e. The van der Waals surface area contributed by atoms with Crippen LogP contribution in [0.25, 0.3) is 0 Å². The molecule has 1 saturated heterocycles. The molecular weight excluding hydrogens is 264 g/mol. The third-order valence-electron chi connectivity index (χ3n) is 3.36. The molecule has 1 aromatic heterocycles. The lowest BCUT2D eigenvalue weighted by Gasteiger charge is -2.32. The Morgan fingerprint density at radius 3 is 2.63 bits per heavy atom. The van der Waals surface area contributed by atoms with E-state index in [1.54, 1.807) is 6.07 Å². The summed E-state index contributed by atoms with van der Waals surface area (Å²) in [6.07, 6.45) is 2.46. The first-order valence-corrected chi connectivity index (χ1v) is 7.37. The van der Waals surface area contributed by atoms with Gasteiger partial charge in [-0.05, 0) is 45.2 Å². The van der Waals surface area contributed by atoms with Crippen LogP contribution in [0.2, 0.25) is 0 Å². The summed E-state index contributed by atoms with van der Waals surface area (Å²) in [5, 5.41) is 8.96. The van der Waals surface area contributed by atoms with Crippen LogP contribution in [0.15, 0.2) is 6.07 Å². The molecule has 1 aromatic rings. The molecule has 1 fully saturated rings. The first kappa shape index (κ1) is 14.5. The topological polar surface area (TPSA) is 55.8 Å². The molecule has 2 heterocycles. The van der Waals surface area contributed by atoms with E-state index >= 15 is 0 Å². The summed E-state index contributed by atoms with van der Waals surface area (Å²) < 4.78 is 11.6. The maximum atomic E-state index is 10.9. The van der Waals surface area contributed by atoms with Crippen molar-refractivity contribution in [1.82, 2.24) is 0 Å². The van der Waals surface area contributed by atoms with E-state index in [1.807, 2.05) is 6.92 Å².